The number of halogens is 1. The molecule has 3 aromatic rings. The third-order valence-electron chi connectivity index (χ3n) is 4.42. The summed E-state index contributed by atoms with van der Waals surface area (Å²) in [6.45, 7) is 2.72. The molecule has 0 saturated heterocycles. The fourth-order valence-corrected chi connectivity index (χ4v) is 3.27. The first-order valence-corrected chi connectivity index (χ1v) is 9.13. The Morgan fingerprint density at radius 1 is 1.22 bits per heavy atom. The zero-order valence-corrected chi connectivity index (χ0v) is 15.6. The van der Waals surface area contributed by atoms with E-state index in [4.69, 9.17) is 22.1 Å². The molecule has 0 amide bonds. The van der Waals surface area contributed by atoms with Gasteiger partial charge >= 0.3 is 0 Å². The second kappa shape index (κ2) is 7.32. The Labute approximate surface area is 162 Å². The van der Waals surface area contributed by atoms with Crippen LogP contribution in [0.2, 0.25) is 5.02 Å². The van der Waals surface area contributed by atoms with Crippen molar-refractivity contribution >= 4 is 28.8 Å². The highest BCUT2D eigenvalue weighted by molar-refractivity contribution is 6.30. The van der Waals surface area contributed by atoms with Crippen molar-refractivity contribution in [3.63, 3.8) is 0 Å². The molecule has 7 heteroatoms. The van der Waals surface area contributed by atoms with Crippen molar-refractivity contribution in [1.82, 2.24) is 9.97 Å². The van der Waals surface area contributed by atoms with Gasteiger partial charge in [-0.1, -0.05) is 17.7 Å². The molecular weight excluding hydrogens is 362 g/mol. The van der Waals surface area contributed by atoms with Gasteiger partial charge < -0.3 is 21.1 Å². The van der Waals surface area contributed by atoms with Gasteiger partial charge in [-0.25, -0.2) is 9.97 Å². The normalized spacial score (nSPS) is 15.6. The molecular formula is C20H20ClN5O. The van der Waals surface area contributed by atoms with Crippen molar-refractivity contribution < 1.29 is 4.74 Å². The predicted octanol–water partition coefficient (Wildman–Crippen LogP) is 4.78. The Balaban J connectivity index is 1.58. The fourth-order valence-electron chi connectivity index (χ4n) is 3.09. The maximum atomic E-state index is 6.18. The van der Waals surface area contributed by atoms with E-state index in [9.17, 15) is 0 Å². The van der Waals surface area contributed by atoms with Crippen LogP contribution in [0, 0.1) is 6.92 Å². The summed E-state index contributed by atoms with van der Waals surface area (Å²) >= 11 is 6.03. The smallest absolute Gasteiger partial charge is 0.134 e. The summed E-state index contributed by atoms with van der Waals surface area (Å²) in [5, 5.41) is 7.46. The second-order valence-electron chi connectivity index (χ2n) is 6.44. The topological polar surface area (TPSA) is 85.1 Å². The second-order valence-corrected chi connectivity index (χ2v) is 6.88. The lowest BCUT2D eigenvalue weighted by Gasteiger charge is -2.27. The van der Waals surface area contributed by atoms with Gasteiger partial charge in [0, 0.05) is 29.4 Å². The molecule has 1 atom stereocenters. The van der Waals surface area contributed by atoms with Crippen molar-refractivity contribution in [3.05, 3.63) is 65.1 Å². The molecule has 6 nitrogen and oxygen atoms in total. The number of nitrogens with zero attached hydrogens (tertiary/aromatic N) is 2. The number of aromatic nitrogens is 2. The Bertz CT molecular complexity index is 978. The van der Waals surface area contributed by atoms with E-state index in [0.717, 1.165) is 35.9 Å². The third kappa shape index (κ3) is 3.90. The van der Waals surface area contributed by atoms with Crippen molar-refractivity contribution in [2.45, 2.75) is 19.4 Å². The van der Waals surface area contributed by atoms with Gasteiger partial charge in [0.05, 0.1) is 17.4 Å². The van der Waals surface area contributed by atoms with Crippen molar-refractivity contribution in [3.8, 4) is 11.5 Å². The first kappa shape index (κ1) is 17.4. The average Bonchev–Trinajstić information content (AvgIpc) is 2.64. The van der Waals surface area contributed by atoms with Crippen LogP contribution in [-0.4, -0.2) is 16.5 Å². The molecule has 0 radical (unpaired) electrons. The van der Waals surface area contributed by atoms with Crippen LogP contribution in [0.5, 0.6) is 11.5 Å². The number of anilines is 3. The van der Waals surface area contributed by atoms with Crippen molar-refractivity contribution in [2.24, 2.45) is 0 Å². The summed E-state index contributed by atoms with van der Waals surface area (Å²) in [6.07, 6.45) is 2.77. The Morgan fingerprint density at radius 2 is 2.07 bits per heavy atom. The molecule has 1 aliphatic heterocycles. The number of nitrogen functional groups attached to an aromatic ring is 1. The molecule has 138 valence electrons. The van der Waals surface area contributed by atoms with Crippen LogP contribution >= 0.6 is 11.6 Å². The molecule has 2 aromatic carbocycles. The molecule has 2 heterocycles. The number of benzene rings is 2. The molecule has 4 rings (SSSR count). The molecule has 0 saturated carbocycles. The number of hydrogen-bond donors (Lipinski definition) is 3. The van der Waals surface area contributed by atoms with Gasteiger partial charge in [-0.2, -0.15) is 0 Å². The van der Waals surface area contributed by atoms with Crippen molar-refractivity contribution in [2.75, 3.05) is 22.9 Å². The minimum absolute atomic E-state index is 0.0746. The largest absolute Gasteiger partial charge is 0.457 e. The van der Waals surface area contributed by atoms with Crippen molar-refractivity contribution in [1.29, 1.82) is 0 Å². The van der Waals surface area contributed by atoms with E-state index in [1.54, 1.807) is 6.07 Å². The Kier molecular flexibility index (Phi) is 4.73. The Morgan fingerprint density at radius 3 is 2.93 bits per heavy atom. The zero-order chi connectivity index (χ0) is 18.8. The molecule has 1 aliphatic rings. The summed E-state index contributed by atoms with van der Waals surface area (Å²) in [5.41, 5.74) is 8.68. The zero-order valence-electron chi connectivity index (χ0n) is 14.9. The van der Waals surface area contributed by atoms with E-state index >= 15 is 0 Å². The molecule has 0 aliphatic carbocycles. The maximum absolute atomic E-state index is 6.18. The molecule has 1 unspecified atom stereocenters. The van der Waals surface area contributed by atoms with Gasteiger partial charge in [0.25, 0.3) is 0 Å². The molecule has 0 spiro atoms. The maximum Gasteiger partial charge on any atom is 0.134 e. The quantitative estimate of drug-likeness (QED) is 0.564. The van der Waals surface area contributed by atoms with E-state index in [1.807, 2.05) is 49.5 Å². The summed E-state index contributed by atoms with van der Waals surface area (Å²) in [7, 11) is 0. The standard InChI is InChI=1S/C20H20ClN5O/c1-12-24-11-16-18(7-8-23-20(16)25-12)26-19-10-15(5-6-17(19)22)27-14-4-2-3-13(21)9-14/h2-6,9-11,18,26H,7-8,22H2,1H3,(H,23,24,25). The highest BCUT2D eigenvalue weighted by Gasteiger charge is 2.22. The van der Waals surface area contributed by atoms with Crippen LogP contribution in [0.3, 0.4) is 0 Å². The summed E-state index contributed by atoms with van der Waals surface area (Å²) in [5.74, 6) is 2.98. The van der Waals surface area contributed by atoms with Gasteiger partial charge in [0.1, 0.15) is 23.1 Å². The van der Waals surface area contributed by atoms with E-state index in [2.05, 4.69) is 20.6 Å². The van der Waals surface area contributed by atoms with Crippen LogP contribution in [0.1, 0.15) is 23.9 Å². The predicted molar refractivity (Wildman–Crippen MR) is 109 cm³/mol. The van der Waals surface area contributed by atoms with Gasteiger partial charge in [-0.05, 0) is 43.7 Å². The van der Waals surface area contributed by atoms with Crippen LogP contribution < -0.4 is 21.1 Å². The highest BCUT2D eigenvalue weighted by atomic mass is 35.5. The lowest BCUT2D eigenvalue weighted by atomic mass is 10.0. The number of rotatable bonds is 4. The number of nitrogens with one attached hydrogen (secondary N) is 2. The van der Waals surface area contributed by atoms with E-state index in [0.29, 0.717) is 22.2 Å². The van der Waals surface area contributed by atoms with E-state index in [-0.39, 0.29) is 6.04 Å². The molecule has 27 heavy (non-hydrogen) atoms. The summed E-state index contributed by atoms with van der Waals surface area (Å²) in [6, 6.07) is 12.9. The van der Waals surface area contributed by atoms with Crippen LogP contribution in [0.25, 0.3) is 0 Å². The molecule has 1 aromatic heterocycles. The average molecular weight is 382 g/mol. The number of ether oxygens (including phenoxy) is 1. The summed E-state index contributed by atoms with van der Waals surface area (Å²) in [4.78, 5) is 8.81. The monoisotopic (exact) mass is 381 g/mol. The third-order valence-corrected chi connectivity index (χ3v) is 4.66. The van der Waals surface area contributed by atoms with Gasteiger partial charge in [-0.3, -0.25) is 0 Å². The highest BCUT2D eigenvalue weighted by Crippen LogP contribution is 2.35. The van der Waals surface area contributed by atoms with E-state index in [1.165, 1.54) is 0 Å². The number of aryl methyl sites for hydroxylation is 1. The van der Waals surface area contributed by atoms with Crippen LogP contribution in [0.4, 0.5) is 17.2 Å². The molecule has 0 fully saturated rings. The van der Waals surface area contributed by atoms with Gasteiger partial charge in [-0.15, -0.1) is 0 Å². The summed E-state index contributed by atoms with van der Waals surface area (Å²) < 4.78 is 5.91. The first-order chi connectivity index (χ1) is 13.1. The molecule has 4 N–H and O–H groups in total. The van der Waals surface area contributed by atoms with Gasteiger partial charge in [0.2, 0.25) is 0 Å². The van der Waals surface area contributed by atoms with Crippen LogP contribution in [-0.2, 0) is 0 Å². The number of nitrogens with two attached hydrogens (primary N) is 1. The number of fused-ring (bicyclic) bond motifs is 1. The molecule has 0 bridgehead atoms. The van der Waals surface area contributed by atoms with E-state index < -0.39 is 0 Å². The van der Waals surface area contributed by atoms with Crippen LogP contribution in [0.15, 0.2) is 48.7 Å². The van der Waals surface area contributed by atoms with Gasteiger partial charge in [0.15, 0.2) is 0 Å². The lowest BCUT2D eigenvalue weighted by Crippen LogP contribution is -2.24. The number of hydrogen-bond acceptors (Lipinski definition) is 6. The first-order valence-electron chi connectivity index (χ1n) is 8.75. The lowest BCUT2D eigenvalue weighted by molar-refractivity contribution is 0.483. The Hall–Kier alpha value is -2.99. The minimum Gasteiger partial charge on any atom is -0.457 e. The SMILES string of the molecule is Cc1ncc2c(n1)NCCC2Nc1cc(Oc2cccc(Cl)c2)ccc1N. The minimum atomic E-state index is 0.0746. The fraction of sp³-hybridized carbons (Fsp3) is 0.200.